The summed E-state index contributed by atoms with van der Waals surface area (Å²) in [6.07, 6.45) is 0. The summed E-state index contributed by atoms with van der Waals surface area (Å²) >= 11 is 11.7. The molecule has 0 spiro atoms. The second-order valence-electron chi connectivity index (χ2n) is 3.90. The fraction of sp³-hybridized carbons (Fsp3) is 0.0769. The van der Waals surface area contributed by atoms with Crippen LogP contribution in [0, 0.1) is 10.1 Å². The molecule has 0 bridgehead atoms. The maximum absolute atomic E-state index is 10.9. The summed E-state index contributed by atoms with van der Waals surface area (Å²) < 4.78 is 5.56. The molecular formula is C13H10Cl2N2O3. The molecule has 2 aromatic rings. The molecule has 20 heavy (non-hydrogen) atoms. The zero-order valence-corrected chi connectivity index (χ0v) is 11.9. The first-order valence-corrected chi connectivity index (χ1v) is 6.35. The van der Waals surface area contributed by atoms with Gasteiger partial charge in [0.1, 0.15) is 11.5 Å². The molecule has 0 saturated heterocycles. The molecule has 0 fully saturated rings. The number of halogens is 2. The van der Waals surface area contributed by atoms with Gasteiger partial charge in [0.15, 0.2) is 0 Å². The number of nitrogens with one attached hydrogen (secondary N) is 1. The highest BCUT2D eigenvalue weighted by Gasteiger charge is 2.11. The van der Waals surface area contributed by atoms with Crippen LogP contribution in [0.15, 0.2) is 36.4 Å². The Kier molecular flexibility index (Phi) is 4.32. The molecule has 0 aliphatic rings. The highest BCUT2D eigenvalue weighted by molar-refractivity contribution is 6.42. The van der Waals surface area contributed by atoms with Gasteiger partial charge in [-0.05, 0) is 12.1 Å². The normalized spacial score (nSPS) is 10.2. The van der Waals surface area contributed by atoms with Crippen molar-refractivity contribution >= 4 is 34.6 Å². The van der Waals surface area contributed by atoms with Crippen molar-refractivity contribution in [2.75, 3.05) is 12.4 Å². The fourth-order valence-electron chi connectivity index (χ4n) is 1.57. The van der Waals surface area contributed by atoms with E-state index in [9.17, 15) is 10.1 Å². The van der Waals surface area contributed by atoms with Gasteiger partial charge in [-0.2, -0.15) is 0 Å². The molecule has 0 amide bonds. The number of non-ortho nitro benzene ring substituents is 1. The van der Waals surface area contributed by atoms with Gasteiger partial charge in [-0.25, -0.2) is 0 Å². The molecule has 5 nitrogen and oxygen atoms in total. The largest absolute Gasteiger partial charge is 0.457 e. The highest BCUT2D eigenvalue weighted by atomic mass is 35.5. The average molecular weight is 313 g/mol. The summed E-state index contributed by atoms with van der Waals surface area (Å²) in [6.45, 7) is 0. The van der Waals surface area contributed by atoms with E-state index < -0.39 is 4.92 Å². The summed E-state index contributed by atoms with van der Waals surface area (Å²) in [7, 11) is 1.67. The number of hydrogen-bond acceptors (Lipinski definition) is 4. The number of nitrogens with zero attached hydrogens (tertiary/aromatic N) is 1. The molecule has 0 aliphatic heterocycles. The summed E-state index contributed by atoms with van der Waals surface area (Å²) in [4.78, 5) is 10.4. The molecule has 0 saturated carbocycles. The lowest BCUT2D eigenvalue weighted by Crippen LogP contribution is -1.94. The van der Waals surface area contributed by atoms with Crippen molar-refractivity contribution in [3.63, 3.8) is 0 Å². The molecule has 104 valence electrons. The van der Waals surface area contributed by atoms with Gasteiger partial charge in [0.25, 0.3) is 5.69 Å². The first-order valence-electron chi connectivity index (χ1n) is 5.60. The van der Waals surface area contributed by atoms with Gasteiger partial charge < -0.3 is 10.1 Å². The van der Waals surface area contributed by atoms with Crippen LogP contribution in [0.1, 0.15) is 0 Å². The Bertz CT molecular complexity index is 662. The number of nitro groups is 1. The maximum Gasteiger partial charge on any atom is 0.275 e. The number of benzene rings is 2. The lowest BCUT2D eigenvalue weighted by molar-refractivity contribution is -0.384. The van der Waals surface area contributed by atoms with Crippen molar-refractivity contribution in [3.05, 3.63) is 56.6 Å². The number of hydrogen-bond donors (Lipinski definition) is 1. The van der Waals surface area contributed by atoms with Gasteiger partial charge in [0, 0.05) is 30.9 Å². The van der Waals surface area contributed by atoms with Crippen molar-refractivity contribution in [2.45, 2.75) is 0 Å². The number of anilines is 1. The molecule has 0 heterocycles. The Morgan fingerprint density at radius 1 is 1.10 bits per heavy atom. The van der Waals surface area contributed by atoms with Gasteiger partial charge in [-0.3, -0.25) is 10.1 Å². The Morgan fingerprint density at radius 3 is 2.45 bits per heavy atom. The zero-order valence-electron chi connectivity index (χ0n) is 10.4. The third-order valence-electron chi connectivity index (χ3n) is 2.52. The van der Waals surface area contributed by atoms with Crippen molar-refractivity contribution < 1.29 is 9.66 Å². The summed E-state index contributed by atoms with van der Waals surface area (Å²) in [5.41, 5.74) is 0.515. The molecule has 2 aromatic carbocycles. The topological polar surface area (TPSA) is 64.4 Å². The molecule has 7 heteroatoms. The highest BCUT2D eigenvalue weighted by Crippen LogP contribution is 2.32. The lowest BCUT2D eigenvalue weighted by atomic mass is 10.2. The van der Waals surface area contributed by atoms with E-state index in [-0.39, 0.29) is 5.69 Å². The third kappa shape index (κ3) is 3.31. The quantitative estimate of drug-likeness (QED) is 0.654. The molecule has 1 N–H and O–H groups in total. The molecule has 0 aliphatic carbocycles. The molecule has 0 atom stereocenters. The average Bonchev–Trinajstić information content (AvgIpc) is 2.42. The van der Waals surface area contributed by atoms with E-state index in [4.69, 9.17) is 27.9 Å². The summed E-state index contributed by atoms with van der Waals surface area (Å²) in [5.74, 6) is 0.781. The van der Waals surface area contributed by atoms with Crippen LogP contribution in [-0.4, -0.2) is 12.0 Å². The maximum atomic E-state index is 10.9. The van der Waals surface area contributed by atoms with E-state index >= 15 is 0 Å². The molecular weight excluding hydrogens is 303 g/mol. The van der Waals surface area contributed by atoms with Crippen molar-refractivity contribution in [1.29, 1.82) is 0 Å². The van der Waals surface area contributed by atoms with Crippen molar-refractivity contribution in [1.82, 2.24) is 0 Å². The van der Waals surface area contributed by atoms with Gasteiger partial charge >= 0.3 is 0 Å². The second kappa shape index (κ2) is 5.98. The van der Waals surface area contributed by atoms with Crippen LogP contribution in [0.4, 0.5) is 11.4 Å². The van der Waals surface area contributed by atoms with Crippen molar-refractivity contribution in [2.24, 2.45) is 0 Å². The Labute approximate surface area is 125 Å². The molecule has 0 unspecified atom stereocenters. The summed E-state index contributed by atoms with van der Waals surface area (Å²) in [5, 5.41) is 14.5. The Morgan fingerprint density at radius 2 is 1.85 bits per heavy atom. The van der Waals surface area contributed by atoms with Gasteiger partial charge in [-0.1, -0.05) is 23.2 Å². The Balaban J connectivity index is 2.34. The monoisotopic (exact) mass is 312 g/mol. The fourth-order valence-corrected chi connectivity index (χ4v) is 1.86. The second-order valence-corrected chi connectivity index (χ2v) is 4.72. The van der Waals surface area contributed by atoms with Gasteiger partial charge in [0.05, 0.1) is 21.0 Å². The first-order chi connectivity index (χ1) is 9.49. The number of nitro benzene ring substituents is 1. The zero-order chi connectivity index (χ0) is 14.7. The van der Waals surface area contributed by atoms with E-state index in [2.05, 4.69) is 5.32 Å². The van der Waals surface area contributed by atoms with E-state index in [1.54, 1.807) is 31.3 Å². The van der Waals surface area contributed by atoms with E-state index in [1.807, 2.05) is 0 Å². The van der Waals surface area contributed by atoms with Gasteiger partial charge in [-0.15, -0.1) is 0 Å². The van der Waals surface area contributed by atoms with Crippen LogP contribution in [0.2, 0.25) is 10.0 Å². The third-order valence-corrected chi connectivity index (χ3v) is 3.26. The van der Waals surface area contributed by atoms with Crippen LogP contribution in [-0.2, 0) is 0 Å². The van der Waals surface area contributed by atoms with Crippen LogP contribution in [0.5, 0.6) is 11.5 Å². The number of ether oxygens (including phenoxy) is 1. The van der Waals surface area contributed by atoms with Crippen molar-refractivity contribution in [3.8, 4) is 11.5 Å². The molecule has 2 rings (SSSR count). The van der Waals surface area contributed by atoms with Crippen LogP contribution < -0.4 is 10.1 Å². The SMILES string of the molecule is CNc1cc(Oc2ccc(Cl)c(Cl)c2)cc([N+](=O)[O-])c1. The summed E-state index contributed by atoms with van der Waals surface area (Å²) in [6, 6.07) is 9.17. The predicted molar refractivity (Wildman–Crippen MR) is 79.2 cm³/mol. The first kappa shape index (κ1) is 14.4. The minimum Gasteiger partial charge on any atom is -0.457 e. The Hall–Kier alpha value is -1.98. The minimum atomic E-state index is -0.484. The standard InChI is InChI=1S/C13H10Cl2N2O3/c1-16-8-4-9(17(18)19)6-11(5-8)20-10-2-3-12(14)13(15)7-10/h2-7,16H,1H3. The number of rotatable bonds is 4. The van der Waals surface area contributed by atoms with Gasteiger partial charge in [0.2, 0.25) is 0 Å². The van der Waals surface area contributed by atoms with Crippen LogP contribution in [0.3, 0.4) is 0 Å². The van der Waals surface area contributed by atoms with E-state index in [1.165, 1.54) is 12.1 Å². The smallest absolute Gasteiger partial charge is 0.275 e. The molecule has 0 radical (unpaired) electrons. The molecule has 0 aromatic heterocycles. The van der Waals surface area contributed by atoms with Crippen LogP contribution >= 0.6 is 23.2 Å². The minimum absolute atomic E-state index is 0.0630. The lowest BCUT2D eigenvalue weighted by Gasteiger charge is -2.08. The van der Waals surface area contributed by atoms with Crippen LogP contribution in [0.25, 0.3) is 0 Å². The van der Waals surface area contributed by atoms with E-state index in [0.717, 1.165) is 0 Å². The predicted octanol–water partition coefficient (Wildman–Crippen LogP) is 4.74. The van der Waals surface area contributed by atoms with E-state index in [0.29, 0.717) is 27.2 Å².